The Balaban J connectivity index is 1.68. The first-order valence-corrected chi connectivity index (χ1v) is 7.02. The van der Waals surface area contributed by atoms with Crippen molar-refractivity contribution in [2.75, 3.05) is 18.5 Å². The van der Waals surface area contributed by atoms with Gasteiger partial charge in [0.2, 0.25) is 0 Å². The van der Waals surface area contributed by atoms with E-state index in [-0.39, 0.29) is 0 Å². The minimum Gasteiger partial charge on any atom is -0.381 e. The molecule has 0 spiro atoms. The number of nitrogens with one attached hydrogen (secondary N) is 2. The Morgan fingerprint density at radius 3 is 3.05 bits per heavy atom. The number of H-pyrrole nitrogens is 1. The molecule has 0 saturated carbocycles. The van der Waals surface area contributed by atoms with Gasteiger partial charge in [0.05, 0.1) is 18.8 Å². The third-order valence-corrected chi connectivity index (χ3v) is 3.98. The van der Waals surface area contributed by atoms with E-state index in [2.05, 4.69) is 39.6 Å². The summed E-state index contributed by atoms with van der Waals surface area (Å²) in [6.07, 6.45) is 2.96. The summed E-state index contributed by atoms with van der Waals surface area (Å²) >= 11 is 0. The van der Waals surface area contributed by atoms with Crippen LogP contribution in [0.1, 0.15) is 34.9 Å². The van der Waals surface area contributed by atoms with E-state index >= 15 is 0 Å². The number of hydrogen-bond donors (Lipinski definition) is 2. The lowest BCUT2D eigenvalue weighted by Crippen LogP contribution is -2.05. The molecule has 3 heterocycles. The maximum absolute atomic E-state index is 5.44. The molecular formula is C15H20N4O. The Hall–Kier alpha value is -1.88. The number of pyridine rings is 1. The van der Waals surface area contributed by atoms with Gasteiger partial charge in [-0.15, -0.1) is 0 Å². The number of hydrogen-bond acceptors (Lipinski definition) is 4. The molecule has 1 atom stereocenters. The molecule has 0 amide bonds. The quantitative estimate of drug-likeness (QED) is 0.898. The first kappa shape index (κ1) is 13.1. The largest absolute Gasteiger partial charge is 0.381 e. The molecule has 2 aromatic rings. The smallest absolute Gasteiger partial charge is 0.126 e. The highest BCUT2D eigenvalue weighted by molar-refractivity contribution is 5.40. The zero-order chi connectivity index (χ0) is 13.9. The van der Waals surface area contributed by atoms with Crippen molar-refractivity contribution in [1.82, 2.24) is 15.2 Å². The minimum absolute atomic E-state index is 0.507. The Labute approximate surface area is 118 Å². The summed E-state index contributed by atoms with van der Waals surface area (Å²) in [7, 11) is 0. The fraction of sp³-hybridized carbons (Fsp3) is 0.467. The van der Waals surface area contributed by atoms with Crippen molar-refractivity contribution in [3.05, 3.63) is 40.8 Å². The SMILES string of the molecule is Cc1[nH]nc(CNc2cc(C3CCOC3)ccn2)c1C. The Kier molecular flexibility index (Phi) is 3.69. The van der Waals surface area contributed by atoms with Gasteiger partial charge in [0.1, 0.15) is 5.82 Å². The molecule has 1 saturated heterocycles. The second-order valence-corrected chi connectivity index (χ2v) is 5.31. The second-order valence-electron chi connectivity index (χ2n) is 5.31. The number of aromatic nitrogens is 3. The lowest BCUT2D eigenvalue weighted by Gasteiger charge is -2.10. The summed E-state index contributed by atoms with van der Waals surface area (Å²) < 4.78 is 5.44. The van der Waals surface area contributed by atoms with E-state index in [1.54, 1.807) is 0 Å². The summed E-state index contributed by atoms with van der Waals surface area (Å²) in [6.45, 7) is 6.48. The fourth-order valence-corrected chi connectivity index (χ4v) is 2.48. The van der Waals surface area contributed by atoms with Crippen molar-refractivity contribution in [1.29, 1.82) is 0 Å². The molecule has 0 aromatic carbocycles. The molecule has 5 heteroatoms. The fourth-order valence-electron chi connectivity index (χ4n) is 2.48. The van der Waals surface area contributed by atoms with Gasteiger partial charge in [-0.05, 0) is 43.5 Å². The van der Waals surface area contributed by atoms with Crippen molar-refractivity contribution < 1.29 is 4.74 Å². The highest BCUT2D eigenvalue weighted by Crippen LogP contribution is 2.26. The summed E-state index contributed by atoms with van der Waals surface area (Å²) in [4.78, 5) is 4.37. The molecule has 0 bridgehead atoms. The van der Waals surface area contributed by atoms with Crippen molar-refractivity contribution >= 4 is 5.82 Å². The molecule has 106 valence electrons. The lowest BCUT2D eigenvalue weighted by atomic mass is 10.00. The molecule has 5 nitrogen and oxygen atoms in total. The van der Waals surface area contributed by atoms with Crippen LogP contribution in [-0.4, -0.2) is 28.4 Å². The monoisotopic (exact) mass is 272 g/mol. The molecule has 1 aliphatic rings. The van der Waals surface area contributed by atoms with Gasteiger partial charge in [-0.3, -0.25) is 5.10 Å². The number of anilines is 1. The third kappa shape index (κ3) is 2.67. The van der Waals surface area contributed by atoms with Crippen LogP contribution in [0.15, 0.2) is 18.3 Å². The van der Waals surface area contributed by atoms with Gasteiger partial charge in [-0.2, -0.15) is 5.10 Å². The normalized spacial score (nSPS) is 18.4. The van der Waals surface area contributed by atoms with Gasteiger partial charge in [-0.25, -0.2) is 4.98 Å². The van der Waals surface area contributed by atoms with Gasteiger partial charge < -0.3 is 10.1 Å². The van der Waals surface area contributed by atoms with Crippen molar-refractivity contribution in [2.45, 2.75) is 32.7 Å². The zero-order valence-corrected chi connectivity index (χ0v) is 11.9. The van der Waals surface area contributed by atoms with Crippen molar-refractivity contribution in [2.24, 2.45) is 0 Å². The Bertz CT molecular complexity index is 587. The number of aromatic amines is 1. The molecule has 3 rings (SSSR count). The van der Waals surface area contributed by atoms with Crippen LogP contribution in [0.3, 0.4) is 0 Å². The maximum atomic E-state index is 5.44. The topological polar surface area (TPSA) is 62.8 Å². The van der Waals surface area contributed by atoms with E-state index in [0.29, 0.717) is 12.5 Å². The predicted octanol–water partition coefficient (Wildman–Crippen LogP) is 2.54. The van der Waals surface area contributed by atoms with E-state index in [4.69, 9.17) is 4.74 Å². The molecule has 1 fully saturated rings. The molecule has 1 unspecified atom stereocenters. The van der Waals surface area contributed by atoms with E-state index in [1.807, 2.05) is 13.1 Å². The van der Waals surface area contributed by atoms with Crippen LogP contribution in [0.5, 0.6) is 0 Å². The first-order valence-electron chi connectivity index (χ1n) is 7.02. The maximum Gasteiger partial charge on any atom is 0.126 e. The zero-order valence-electron chi connectivity index (χ0n) is 11.9. The molecule has 1 aliphatic heterocycles. The van der Waals surface area contributed by atoms with Gasteiger partial charge in [0.15, 0.2) is 0 Å². The number of aryl methyl sites for hydroxylation is 1. The van der Waals surface area contributed by atoms with E-state index in [0.717, 1.165) is 36.8 Å². The van der Waals surface area contributed by atoms with Crippen LogP contribution in [0, 0.1) is 13.8 Å². The summed E-state index contributed by atoms with van der Waals surface area (Å²) in [5.74, 6) is 1.40. The van der Waals surface area contributed by atoms with Crippen LogP contribution in [-0.2, 0) is 11.3 Å². The van der Waals surface area contributed by atoms with Crippen molar-refractivity contribution in [3.8, 4) is 0 Å². The molecule has 20 heavy (non-hydrogen) atoms. The predicted molar refractivity (Wildman–Crippen MR) is 77.8 cm³/mol. The summed E-state index contributed by atoms with van der Waals surface area (Å²) in [5.41, 5.74) is 4.67. The standard InChI is InChI=1S/C15H20N4O/c1-10-11(2)18-19-14(10)8-17-15-7-12(3-5-16-15)13-4-6-20-9-13/h3,5,7,13H,4,6,8-9H2,1-2H3,(H,16,17)(H,18,19). The average molecular weight is 272 g/mol. The van der Waals surface area contributed by atoms with Crippen LogP contribution >= 0.6 is 0 Å². The third-order valence-electron chi connectivity index (χ3n) is 3.98. The lowest BCUT2D eigenvalue weighted by molar-refractivity contribution is 0.194. The molecule has 2 aromatic heterocycles. The molecule has 0 radical (unpaired) electrons. The van der Waals surface area contributed by atoms with E-state index < -0.39 is 0 Å². The van der Waals surface area contributed by atoms with Crippen molar-refractivity contribution in [3.63, 3.8) is 0 Å². The minimum atomic E-state index is 0.507. The number of ether oxygens (including phenoxy) is 1. The van der Waals surface area contributed by atoms with E-state index in [9.17, 15) is 0 Å². The highest BCUT2D eigenvalue weighted by atomic mass is 16.5. The van der Waals surface area contributed by atoms with Gasteiger partial charge in [0, 0.05) is 24.4 Å². The molecule has 0 aliphatic carbocycles. The molecule has 2 N–H and O–H groups in total. The van der Waals surface area contributed by atoms with Gasteiger partial charge in [-0.1, -0.05) is 0 Å². The first-order chi connectivity index (χ1) is 9.74. The van der Waals surface area contributed by atoms with Gasteiger partial charge >= 0.3 is 0 Å². The average Bonchev–Trinajstić information content (AvgIpc) is 3.10. The Morgan fingerprint density at radius 2 is 2.35 bits per heavy atom. The van der Waals surface area contributed by atoms with Crippen LogP contribution in [0.4, 0.5) is 5.82 Å². The number of rotatable bonds is 4. The Morgan fingerprint density at radius 1 is 1.45 bits per heavy atom. The highest BCUT2D eigenvalue weighted by Gasteiger charge is 2.18. The van der Waals surface area contributed by atoms with E-state index in [1.165, 1.54) is 11.1 Å². The summed E-state index contributed by atoms with van der Waals surface area (Å²) in [5, 5.41) is 10.6. The van der Waals surface area contributed by atoms with Crippen LogP contribution in [0.2, 0.25) is 0 Å². The molecular weight excluding hydrogens is 252 g/mol. The van der Waals surface area contributed by atoms with Gasteiger partial charge in [0.25, 0.3) is 0 Å². The summed E-state index contributed by atoms with van der Waals surface area (Å²) in [6, 6.07) is 4.20. The van der Waals surface area contributed by atoms with Crippen LogP contribution < -0.4 is 5.32 Å². The number of nitrogens with zero attached hydrogens (tertiary/aromatic N) is 2. The second kappa shape index (κ2) is 5.63. The van der Waals surface area contributed by atoms with Crippen LogP contribution in [0.25, 0.3) is 0 Å².